The predicted octanol–water partition coefficient (Wildman–Crippen LogP) is 3.17. The maximum absolute atomic E-state index is 3.53. The number of fused-ring (bicyclic) bond motifs is 1. The molecule has 2 heterocycles. The summed E-state index contributed by atoms with van der Waals surface area (Å²) in [6.45, 7) is 0. The van der Waals surface area contributed by atoms with Crippen molar-refractivity contribution in [2.75, 3.05) is 5.43 Å². The number of nitrogens with zero attached hydrogens (tertiary/aromatic N) is 1. The molecule has 0 radical (unpaired) electrons. The normalized spacial score (nSPS) is 19.9. The molecule has 3 rings (SSSR count). The molecule has 0 fully saturated rings. The molecule has 1 atom stereocenters. The smallest absolute Gasteiger partial charge is 0.0684 e. The van der Waals surface area contributed by atoms with Crippen molar-refractivity contribution in [1.82, 2.24) is 4.68 Å². The van der Waals surface area contributed by atoms with Gasteiger partial charge in [-0.1, -0.05) is 0 Å². The fraction of sp³-hybridized carbons (Fsp3) is 0.333. The van der Waals surface area contributed by atoms with E-state index in [-0.39, 0.29) is 0 Å². The number of aromatic nitrogens is 1. The highest BCUT2D eigenvalue weighted by atomic mass is 32.1. The van der Waals surface area contributed by atoms with Gasteiger partial charge in [-0.15, -0.1) is 11.3 Å². The molecular formula is C12H14N2S. The van der Waals surface area contributed by atoms with E-state index in [1.165, 1.54) is 24.8 Å². The Morgan fingerprint density at radius 1 is 1.33 bits per heavy atom. The first-order valence-electron chi connectivity index (χ1n) is 5.39. The monoisotopic (exact) mass is 218 g/mol. The lowest BCUT2D eigenvalue weighted by atomic mass is 9.95. The third-order valence-corrected chi connectivity index (χ3v) is 3.96. The highest BCUT2D eigenvalue weighted by Crippen LogP contribution is 2.33. The molecule has 0 saturated heterocycles. The summed E-state index contributed by atoms with van der Waals surface area (Å²) >= 11 is 1.89. The third kappa shape index (κ3) is 1.67. The summed E-state index contributed by atoms with van der Waals surface area (Å²) < 4.78 is 2.05. The number of nitrogens with one attached hydrogen (secondary N) is 1. The van der Waals surface area contributed by atoms with Crippen molar-refractivity contribution in [2.45, 2.75) is 25.3 Å². The minimum atomic E-state index is 0.493. The molecule has 2 aromatic rings. The van der Waals surface area contributed by atoms with E-state index in [9.17, 15) is 0 Å². The average molecular weight is 218 g/mol. The molecule has 1 aliphatic rings. The third-order valence-electron chi connectivity index (χ3n) is 2.96. The SMILES string of the molecule is c1ccn(NC2CCCc3sccc32)c1. The van der Waals surface area contributed by atoms with Crippen molar-refractivity contribution in [3.63, 3.8) is 0 Å². The number of hydrogen-bond donors (Lipinski definition) is 1. The van der Waals surface area contributed by atoms with E-state index in [4.69, 9.17) is 0 Å². The van der Waals surface area contributed by atoms with Crippen LogP contribution < -0.4 is 5.43 Å². The van der Waals surface area contributed by atoms with E-state index in [0.29, 0.717) is 6.04 Å². The summed E-state index contributed by atoms with van der Waals surface area (Å²) in [6, 6.07) is 6.85. The first-order chi connectivity index (χ1) is 7.43. The number of hydrogen-bond acceptors (Lipinski definition) is 2. The highest BCUT2D eigenvalue weighted by molar-refractivity contribution is 7.10. The minimum Gasteiger partial charge on any atom is -0.319 e. The summed E-state index contributed by atoms with van der Waals surface area (Å²) in [6.07, 6.45) is 7.91. The molecule has 1 unspecified atom stereocenters. The van der Waals surface area contributed by atoms with Gasteiger partial charge < -0.3 is 5.43 Å². The Balaban J connectivity index is 1.84. The average Bonchev–Trinajstić information content (AvgIpc) is 2.87. The van der Waals surface area contributed by atoms with Crippen LogP contribution in [-0.2, 0) is 6.42 Å². The summed E-state index contributed by atoms with van der Waals surface area (Å²) in [7, 11) is 0. The zero-order valence-corrected chi connectivity index (χ0v) is 9.33. The van der Waals surface area contributed by atoms with E-state index in [2.05, 4.69) is 33.9 Å². The molecule has 1 N–H and O–H groups in total. The summed E-state index contributed by atoms with van der Waals surface area (Å²) in [5.74, 6) is 0. The van der Waals surface area contributed by atoms with E-state index in [0.717, 1.165) is 0 Å². The molecule has 1 aliphatic carbocycles. The summed E-state index contributed by atoms with van der Waals surface area (Å²) in [5, 5.41) is 2.21. The molecule has 0 saturated carbocycles. The second-order valence-corrected chi connectivity index (χ2v) is 4.96. The minimum absolute atomic E-state index is 0.493. The Morgan fingerprint density at radius 3 is 3.07 bits per heavy atom. The second-order valence-electron chi connectivity index (χ2n) is 3.96. The van der Waals surface area contributed by atoms with Gasteiger partial charge in [0, 0.05) is 17.3 Å². The number of thiophene rings is 1. The van der Waals surface area contributed by atoms with Crippen molar-refractivity contribution in [3.05, 3.63) is 46.4 Å². The quantitative estimate of drug-likeness (QED) is 0.819. The van der Waals surface area contributed by atoms with Crippen molar-refractivity contribution in [1.29, 1.82) is 0 Å². The molecule has 2 nitrogen and oxygen atoms in total. The van der Waals surface area contributed by atoms with Gasteiger partial charge in [0.2, 0.25) is 0 Å². The second kappa shape index (κ2) is 3.74. The largest absolute Gasteiger partial charge is 0.319 e. The molecule has 0 amide bonds. The van der Waals surface area contributed by atoms with Crippen molar-refractivity contribution in [2.24, 2.45) is 0 Å². The van der Waals surface area contributed by atoms with Crippen LogP contribution in [0.5, 0.6) is 0 Å². The molecule has 2 aromatic heterocycles. The first-order valence-corrected chi connectivity index (χ1v) is 6.27. The van der Waals surface area contributed by atoms with Crippen LogP contribution in [0, 0.1) is 0 Å². The van der Waals surface area contributed by atoms with E-state index in [1.807, 2.05) is 23.5 Å². The Kier molecular flexibility index (Phi) is 2.25. The molecule has 78 valence electrons. The zero-order valence-electron chi connectivity index (χ0n) is 8.52. The Labute approximate surface area is 93.5 Å². The molecule has 0 spiro atoms. The van der Waals surface area contributed by atoms with Gasteiger partial charge in [0.15, 0.2) is 0 Å². The van der Waals surface area contributed by atoms with Crippen LogP contribution in [0.25, 0.3) is 0 Å². The van der Waals surface area contributed by atoms with Gasteiger partial charge in [0.25, 0.3) is 0 Å². The predicted molar refractivity (Wildman–Crippen MR) is 63.8 cm³/mol. The molecule has 0 bridgehead atoms. The molecule has 3 heteroatoms. The van der Waals surface area contributed by atoms with E-state index in [1.54, 1.807) is 4.88 Å². The highest BCUT2D eigenvalue weighted by Gasteiger charge is 2.20. The fourth-order valence-corrected chi connectivity index (χ4v) is 3.21. The van der Waals surface area contributed by atoms with Gasteiger partial charge >= 0.3 is 0 Å². The Bertz CT molecular complexity index is 430. The zero-order chi connectivity index (χ0) is 10.1. The van der Waals surface area contributed by atoms with Gasteiger partial charge in [-0.2, -0.15) is 0 Å². The van der Waals surface area contributed by atoms with Gasteiger partial charge in [-0.25, -0.2) is 0 Å². The van der Waals surface area contributed by atoms with Gasteiger partial charge in [0.1, 0.15) is 0 Å². The maximum atomic E-state index is 3.53. The molecule has 0 aliphatic heterocycles. The Morgan fingerprint density at radius 2 is 2.20 bits per heavy atom. The standard InChI is InChI=1S/C12H14N2S/c1-2-8-14(7-1)13-11-4-3-5-12-10(11)6-9-15-12/h1-2,6-9,11,13H,3-5H2. The molecular weight excluding hydrogens is 204 g/mol. The van der Waals surface area contributed by atoms with Crippen LogP contribution >= 0.6 is 11.3 Å². The molecule has 15 heavy (non-hydrogen) atoms. The number of aryl methyl sites for hydroxylation is 1. The van der Waals surface area contributed by atoms with Crippen LogP contribution in [0.3, 0.4) is 0 Å². The van der Waals surface area contributed by atoms with Gasteiger partial charge in [0.05, 0.1) is 6.04 Å². The fourth-order valence-electron chi connectivity index (χ4n) is 2.22. The first kappa shape index (κ1) is 9.04. The van der Waals surface area contributed by atoms with Gasteiger partial charge in [-0.3, -0.25) is 4.68 Å². The lowest BCUT2D eigenvalue weighted by molar-refractivity contribution is 0.562. The summed E-state index contributed by atoms with van der Waals surface area (Å²) in [4.78, 5) is 1.56. The maximum Gasteiger partial charge on any atom is 0.0684 e. The molecule has 0 aromatic carbocycles. The lowest BCUT2D eigenvalue weighted by Crippen LogP contribution is -2.22. The van der Waals surface area contributed by atoms with E-state index < -0.39 is 0 Å². The van der Waals surface area contributed by atoms with Crippen LogP contribution in [0.4, 0.5) is 0 Å². The van der Waals surface area contributed by atoms with Crippen LogP contribution in [0.15, 0.2) is 36.0 Å². The number of rotatable bonds is 2. The summed E-state index contributed by atoms with van der Waals surface area (Å²) in [5.41, 5.74) is 5.03. The van der Waals surface area contributed by atoms with Crippen molar-refractivity contribution < 1.29 is 0 Å². The topological polar surface area (TPSA) is 17.0 Å². The van der Waals surface area contributed by atoms with Crippen LogP contribution in [0.2, 0.25) is 0 Å². The van der Waals surface area contributed by atoms with Crippen LogP contribution in [-0.4, -0.2) is 4.68 Å². The van der Waals surface area contributed by atoms with Gasteiger partial charge in [-0.05, 0) is 48.4 Å². The van der Waals surface area contributed by atoms with Crippen molar-refractivity contribution >= 4 is 11.3 Å². The van der Waals surface area contributed by atoms with Crippen molar-refractivity contribution in [3.8, 4) is 0 Å². The lowest BCUT2D eigenvalue weighted by Gasteiger charge is -2.25. The van der Waals surface area contributed by atoms with Crippen LogP contribution in [0.1, 0.15) is 29.3 Å². The Hall–Kier alpha value is -1.22. The van der Waals surface area contributed by atoms with E-state index >= 15 is 0 Å².